The zero-order chi connectivity index (χ0) is 57.0. The highest BCUT2D eigenvalue weighted by atomic mass is 32.2. The Morgan fingerprint density at radius 3 is 1.35 bits per heavy atom. The molecule has 0 spiro atoms. The van der Waals surface area contributed by atoms with Crippen molar-refractivity contribution in [1.29, 1.82) is 0 Å². The number of imidazole rings is 3. The van der Waals surface area contributed by atoms with E-state index in [-0.39, 0.29) is 15.3 Å². The van der Waals surface area contributed by atoms with Gasteiger partial charge in [0.05, 0.1) is 46.2 Å². The maximum atomic E-state index is 10.8. The monoisotopic (exact) mass is 1150 g/mol. The molecule has 6 heterocycles. The summed E-state index contributed by atoms with van der Waals surface area (Å²) in [4.78, 5) is 28.3. The predicted molar refractivity (Wildman–Crippen MR) is 354 cm³/mol. The van der Waals surface area contributed by atoms with Crippen LogP contribution in [-0.2, 0) is 45.4 Å². The molecule has 0 aliphatic rings. The first-order chi connectivity index (χ1) is 39.4. The van der Waals surface area contributed by atoms with Gasteiger partial charge in [-0.15, -0.1) is 0 Å². The van der Waals surface area contributed by atoms with E-state index in [0.717, 1.165) is 79.8 Å². The molecule has 0 fully saturated rings. The van der Waals surface area contributed by atoms with E-state index in [9.17, 15) is 4.79 Å². The molecule has 0 aliphatic carbocycles. The van der Waals surface area contributed by atoms with Gasteiger partial charge in [-0.3, -0.25) is 4.79 Å². The Hall–Kier alpha value is -7.13. The van der Waals surface area contributed by atoms with Crippen molar-refractivity contribution >= 4 is 107 Å². The number of aryl methyl sites for hydroxylation is 7. The fourth-order valence-electron chi connectivity index (χ4n) is 10.7. The highest BCUT2D eigenvalue weighted by Gasteiger charge is 2.18. The predicted octanol–water partition coefficient (Wildman–Crippen LogP) is 18.0. The fraction of sp³-hybridized carbons (Fsp3) is 0.324. The molecular weight excluding hydrogens is 1070 g/mol. The van der Waals surface area contributed by atoms with Gasteiger partial charge in [0.1, 0.15) is 0 Å². The summed E-state index contributed by atoms with van der Waals surface area (Å²) in [5.74, 6) is 2.26. The van der Waals surface area contributed by atoms with Crippen LogP contribution in [0.15, 0.2) is 161 Å². The number of fused-ring (bicyclic) bond motifs is 6. The van der Waals surface area contributed by atoms with Crippen LogP contribution in [0.5, 0.6) is 0 Å². The topological polar surface area (TPSA) is 116 Å². The van der Waals surface area contributed by atoms with Crippen LogP contribution < -0.4 is 0 Å². The minimum absolute atomic E-state index is 0. The van der Waals surface area contributed by atoms with E-state index in [0.29, 0.717) is 6.42 Å². The normalized spacial score (nSPS) is 11.2. The maximum Gasteiger partial charge on any atom is 0.303 e. The number of unbranched alkanes of at least 4 members (excludes halogenated alkanes) is 2. The minimum atomic E-state index is -0.750. The number of carbonyl (C=O) groups is 1. The molecule has 0 saturated heterocycles. The summed E-state index contributed by atoms with van der Waals surface area (Å²) >= 11 is 5.31. The number of rotatable bonds is 18. The Morgan fingerprint density at radius 2 is 0.902 bits per heavy atom. The summed E-state index contributed by atoms with van der Waals surface area (Å²) in [6, 6.07) is 44.2. The fourth-order valence-corrected chi connectivity index (χ4v) is 13.7. The van der Waals surface area contributed by atoms with Crippen LogP contribution in [0.3, 0.4) is 0 Å². The minimum Gasteiger partial charge on any atom is -0.481 e. The maximum absolute atomic E-state index is 10.8. The molecular formula is C68H83N9O2S3. The van der Waals surface area contributed by atoms with Gasteiger partial charge >= 0.3 is 5.97 Å². The van der Waals surface area contributed by atoms with Crippen molar-refractivity contribution in [3.8, 4) is 0 Å². The Balaban J connectivity index is 0.000000166. The second-order valence-corrected chi connectivity index (χ2v) is 24.0. The third-order valence-corrected chi connectivity index (χ3v) is 17.9. The molecule has 11 nitrogen and oxygen atoms in total. The third kappa shape index (κ3) is 14.2. The van der Waals surface area contributed by atoms with Crippen molar-refractivity contribution in [3.05, 3.63) is 179 Å². The van der Waals surface area contributed by atoms with Crippen LogP contribution in [0.25, 0.3) is 65.8 Å². The second kappa shape index (κ2) is 28.7. The number of thioether (sulfide) groups is 3. The molecule has 0 atom stereocenters. The lowest BCUT2D eigenvalue weighted by Crippen LogP contribution is -2.02. The van der Waals surface area contributed by atoms with E-state index >= 15 is 0 Å². The van der Waals surface area contributed by atoms with Crippen LogP contribution in [0, 0.1) is 20.8 Å². The summed E-state index contributed by atoms with van der Waals surface area (Å²) in [6.45, 7) is 14.8. The first-order valence-electron chi connectivity index (χ1n) is 28.4. The Kier molecular flexibility index (Phi) is 21.3. The van der Waals surface area contributed by atoms with Crippen molar-refractivity contribution in [2.45, 2.75) is 122 Å². The average molecular weight is 1150 g/mol. The molecule has 0 radical (unpaired) electrons. The Labute approximate surface area is 498 Å². The van der Waals surface area contributed by atoms with E-state index in [4.69, 9.17) is 15.1 Å². The molecule has 6 aromatic heterocycles. The quantitative estimate of drug-likeness (QED) is 0.0645. The van der Waals surface area contributed by atoms with E-state index in [1.165, 1.54) is 97.3 Å². The molecule has 12 rings (SSSR count). The summed E-state index contributed by atoms with van der Waals surface area (Å²) in [5, 5.41) is 16.1. The molecule has 0 bridgehead atoms. The van der Waals surface area contributed by atoms with Gasteiger partial charge in [0.25, 0.3) is 0 Å². The van der Waals surface area contributed by atoms with Crippen LogP contribution in [0.1, 0.15) is 102 Å². The SMILES string of the molecule is C.CCCCSc1nc2ccccc2[nH]1.CCCCSc1nc2ccccc2n1Cc1cn(C)c2cccc(C)c12.CCc1cn(C)c2cccc(C)c12.Cc1cccc2c1c(Cn1c(SCCCC(=O)O)nc3ccccc31)cn2C.[HH]. The standard InChI is InChI=1S/C22H23N3O2S.C22H25N3S.C12H15N.C11H14N2S.CH4.H2/c1-15-7-5-10-19-21(15)16(13-24(19)2)14-25-18-9-4-3-8-17(18)23-22(25)28-12-6-11-20(26)27;1-4-5-13-26-22-23-18-10-6-7-11-19(18)25(22)15-17-14-24(3)20-12-8-9-16(2)21(17)20;1-4-10-8-13(3)11-7-5-6-9(2)12(10)11;1-2-3-8-14-11-12-9-6-4-5-7-10(9)13-11;;/h3-5,7-10,13H,6,11-12,14H2,1-2H3,(H,26,27);6-12,14H,4-5,13,15H2,1-3H3;5-8H,4H2,1-3H3;4-7H,2-3,8H2,1H3,(H,12,13);1H4;1H. The lowest BCUT2D eigenvalue weighted by molar-refractivity contribution is -0.137. The number of para-hydroxylation sites is 6. The van der Waals surface area contributed by atoms with Gasteiger partial charge in [-0.05, 0) is 134 Å². The van der Waals surface area contributed by atoms with Crippen molar-refractivity contribution in [1.82, 2.24) is 42.8 Å². The number of nitrogens with one attached hydrogen (secondary N) is 1. The number of aromatic nitrogens is 9. The first-order valence-corrected chi connectivity index (χ1v) is 31.4. The third-order valence-electron chi connectivity index (χ3n) is 14.8. The molecule has 6 aromatic carbocycles. The smallest absolute Gasteiger partial charge is 0.303 e. The molecule has 0 amide bonds. The lowest BCUT2D eigenvalue weighted by atomic mass is 10.1. The van der Waals surface area contributed by atoms with E-state index < -0.39 is 5.97 Å². The molecule has 2 N–H and O–H groups in total. The summed E-state index contributed by atoms with van der Waals surface area (Å²) < 4.78 is 11.3. The Bertz CT molecular complexity index is 4040. The van der Waals surface area contributed by atoms with Gasteiger partial charge in [0.2, 0.25) is 0 Å². The lowest BCUT2D eigenvalue weighted by Gasteiger charge is -2.09. The first kappa shape index (κ1) is 61.0. The van der Waals surface area contributed by atoms with E-state index in [1.807, 2.05) is 48.2 Å². The zero-order valence-corrected chi connectivity index (χ0v) is 50.9. The van der Waals surface area contributed by atoms with Crippen molar-refractivity contribution in [2.24, 2.45) is 21.1 Å². The molecule has 82 heavy (non-hydrogen) atoms. The highest BCUT2D eigenvalue weighted by molar-refractivity contribution is 7.99. The van der Waals surface area contributed by atoms with Crippen molar-refractivity contribution in [2.75, 3.05) is 17.3 Å². The molecule has 430 valence electrons. The van der Waals surface area contributed by atoms with Crippen LogP contribution in [-0.4, -0.2) is 71.1 Å². The molecule has 0 unspecified atom stereocenters. The van der Waals surface area contributed by atoms with Gasteiger partial charge in [0, 0.05) is 97.5 Å². The second-order valence-electron chi connectivity index (χ2n) is 20.8. The van der Waals surface area contributed by atoms with Gasteiger partial charge in [-0.1, -0.05) is 149 Å². The van der Waals surface area contributed by atoms with Gasteiger partial charge in [0.15, 0.2) is 15.5 Å². The largest absolute Gasteiger partial charge is 0.481 e. The number of nitrogens with zero attached hydrogens (tertiary/aromatic N) is 8. The molecule has 14 heteroatoms. The van der Waals surface area contributed by atoms with E-state index in [2.05, 4.69) is 205 Å². The number of hydrogen-bond donors (Lipinski definition) is 2. The number of aromatic amines is 1. The van der Waals surface area contributed by atoms with Crippen LogP contribution >= 0.6 is 35.3 Å². The van der Waals surface area contributed by atoms with Crippen molar-refractivity contribution in [3.63, 3.8) is 0 Å². The van der Waals surface area contributed by atoms with Gasteiger partial charge in [-0.2, -0.15) is 0 Å². The van der Waals surface area contributed by atoms with E-state index in [1.54, 1.807) is 23.5 Å². The summed E-state index contributed by atoms with van der Waals surface area (Å²) in [7, 11) is 6.33. The number of benzene rings is 6. The highest BCUT2D eigenvalue weighted by Crippen LogP contribution is 2.33. The van der Waals surface area contributed by atoms with Crippen molar-refractivity contribution < 1.29 is 11.3 Å². The van der Waals surface area contributed by atoms with Crippen LogP contribution in [0.4, 0.5) is 0 Å². The Morgan fingerprint density at radius 1 is 0.500 bits per heavy atom. The number of aliphatic carboxylic acids is 1. The number of carboxylic acids is 1. The number of hydrogen-bond acceptors (Lipinski definition) is 7. The summed E-state index contributed by atoms with van der Waals surface area (Å²) in [5.41, 5.74) is 18.5. The molecule has 0 aliphatic heterocycles. The molecule has 12 aromatic rings. The average Bonchev–Trinajstić information content (AvgIpc) is 3.68. The summed E-state index contributed by atoms with van der Waals surface area (Å²) in [6.07, 6.45) is 13.6. The van der Waals surface area contributed by atoms with Gasteiger partial charge < -0.3 is 32.9 Å². The zero-order valence-electron chi connectivity index (χ0n) is 48.5. The molecule has 0 saturated carbocycles. The van der Waals surface area contributed by atoms with Gasteiger partial charge in [-0.25, -0.2) is 15.0 Å². The number of H-pyrrole nitrogens is 1. The van der Waals surface area contributed by atoms with Crippen LogP contribution in [0.2, 0.25) is 0 Å². The number of carboxylic acid groups (broad SMARTS) is 1.